The van der Waals surface area contributed by atoms with Gasteiger partial charge in [-0.2, -0.15) is 0 Å². The van der Waals surface area contributed by atoms with Crippen molar-refractivity contribution in [2.24, 2.45) is 0 Å². The molecule has 0 fully saturated rings. The van der Waals surface area contributed by atoms with E-state index in [1.165, 1.54) is 19.3 Å². The van der Waals surface area contributed by atoms with Crippen LogP contribution in [0.15, 0.2) is 0 Å². The first kappa shape index (κ1) is 16.7. The molecule has 0 saturated heterocycles. The Kier molecular flexibility index (Phi) is 15.9. The van der Waals surface area contributed by atoms with E-state index in [1.54, 1.807) is 0 Å². The zero-order valence-corrected chi connectivity index (χ0v) is 10.1. The molecule has 0 aromatic carbocycles. The standard InChI is InChI=1S/C6H14O.H4O5P2/c1-2-3-4-5-6-7;1-6(2)5-7(3)4/h7H,2-6H2,1H3;6-7H,(H,1,2)(H,3,4). The fraction of sp³-hybridized carbons (Fsp3) is 1.00. The van der Waals surface area contributed by atoms with Crippen LogP contribution in [0, 0.1) is 0 Å². The van der Waals surface area contributed by atoms with Gasteiger partial charge in [0.15, 0.2) is 0 Å². The van der Waals surface area contributed by atoms with Crippen molar-refractivity contribution >= 4 is 16.5 Å². The van der Waals surface area contributed by atoms with E-state index in [4.69, 9.17) is 14.9 Å². The van der Waals surface area contributed by atoms with E-state index in [2.05, 4.69) is 11.2 Å². The van der Waals surface area contributed by atoms with Gasteiger partial charge in [0.25, 0.3) is 0 Å². The van der Waals surface area contributed by atoms with Crippen LogP contribution >= 0.6 is 16.5 Å². The summed E-state index contributed by atoms with van der Waals surface area (Å²) in [5, 5.41) is 8.29. The molecule has 8 heteroatoms. The number of hydrogen-bond acceptors (Lipinski definition) is 4. The number of rotatable bonds is 6. The summed E-state index contributed by atoms with van der Waals surface area (Å²) in [6.45, 7) is 2.53. The first-order chi connectivity index (χ1) is 6.54. The lowest BCUT2D eigenvalue weighted by molar-refractivity contribution is 0.283. The molecule has 0 radical (unpaired) electrons. The van der Waals surface area contributed by atoms with Gasteiger partial charge in [-0.15, -0.1) is 0 Å². The van der Waals surface area contributed by atoms with Crippen LogP contribution in [-0.4, -0.2) is 21.5 Å². The Balaban J connectivity index is 0. The zero-order chi connectivity index (χ0) is 11.4. The fourth-order valence-corrected chi connectivity index (χ4v) is 1.21. The summed E-state index contributed by atoms with van der Waals surface area (Å²) in [5.41, 5.74) is 0. The smallest absolute Gasteiger partial charge is 0.323 e. The minimum absolute atomic E-state index is 0.361. The SMILES string of the molecule is CCCCCCO.O=[PH](O)O[PH](=O)O. The van der Waals surface area contributed by atoms with Crippen LogP contribution in [0.4, 0.5) is 0 Å². The molecular weight excluding hydrogens is 230 g/mol. The Bertz CT molecular complexity index is 146. The minimum atomic E-state index is -3.20. The molecule has 0 aromatic rings. The van der Waals surface area contributed by atoms with E-state index < -0.39 is 16.5 Å². The molecule has 6 nitrogen and oxygen atoms in total. The summed E-state index contributed by atoms with van der Waals surface area (Å²) in [7, 11) is -6.40. The van der Waals surface area contributed by atoms with Gasteiger partial charge in [0, 0.05) is 6.61 Å². The predicted molar refractivity (Wildman–Crippen MR) is 54.8 cm³/mol. The maximum absolute atomic E-state index is 9.44. The fourth-order valence-electron chi connectivity index (χ4n) is 0.613. The monoisotopic (exact) mass is 248 g/mol. The topological polar surface area (TPSA) is 104 Å². The maximum atomic E-state index is 9.44. The Hall–Kier alpha value is 0.300. The van der Waals surface area contributed by atoms with Crippen LogP contribution in [0.5, 0.6) is 0 Å². The molecule has 0 rings (SSSR count). The highest BCUT2D eigenvalue weighted by Gasteiger charge is 1.93. The summed E-state index contributed by atoms with van der Waals surface area (Å²) in [6, 6.07) is 0. The van der Waals surface area contributed by atoms with Crippen molar-refractivity contribution in [2.45, 2.75) is 32.6 Å². The van der Waals surface area contributed by atoms with Crippen molar-refractivity contribution in [3.63, 3.8) is 0 Å². The Labute approximate surface area is 84.8 Å². The van der Waals surface area contributed by atoms with E-state index in [0.717, 1.165) is 6.42 Å². The molecule has 3 N–H and O–H groups in total. The summed E-state index contributed by atoms with van der Waals surface area (Å²) >= 11 is 0. The number of aliphatic hydroxyl groups excluding tert-OH is 1. The number of aliphatic hydroxyl groups is 1. The quantitative estimate of drug-likeness (QED) is 0.483. The maximum Gasteiger partial charge on any atom is 0.323 e. The van der Waals surface area contributed by atoms with Gasteiger partial charge in [-0.3, -0.25) is 9.13 Å². The van der Waals surface area contributed by atoms with E-state index in [9.17, 15) is 9.13 Å². The third kappa shape index (κ3) is 22.8. The van der Waals surface area contributed by atoms with Gasteiger partial charge >= 0.3 is 16.5 Å². The molecule has 0 spiro atoms. The first-order valence-corrected chi connectivity index (χ1v) is 6.81. The molecule has 0 amide bonds. The zero-order valence-electron chi connectivity index (χ0n) is 8.10. The average molecular weight is 248 g/mol. The summed E-state index contributed by atoms with van der Waals surface area (Å²) in [6.07, 6.45) is 4.68. The van der Waals surface area contributed by atoms with Crippen molar-refractivity contribution in [2.75, 3.05) is 6.61 Å². The van der Waals surface area contributed by atoms with E-state index in [0.29, 0.717) is 6.61 Å². The second-order valence-electron chi connectivity index (χ2n) is 2.42. The predicted octanol–water partition coefficient (Wildman–Crippen LogP) is 1.33. The van der Waals surface area contributed by atoms with E-state index >= 15 is 0 Å². The Morgan fingerprint density at radius 1 is 1.07 bits per heavy atom. The van der Waals surface area contributed by atoms with Crippen LogP contribution in [0.2, 0.25) is 0 Å². The third-order valence-corrected chi connectivity index (χ3v) is 2.58. The molecule has 88 valence electrons. The van der Waals surface area contributed by atoms with Crippen molar-refractivity contribution in [1.82, 2.24) is 0 Å². The highest BCUT2D eigenvalue weighted by atomic mass is 31.2. The van der Waals surface area contributed by atoms with Crippen molar-refractivity contribution in [3.8, 4) is 0 Å². The number of hydrogen-bond donors (Lipinski definition) is 3. The third-order valence-electron chi connectivity index (χ3n) is 1.19. The highest BCUT2D eigenvalue weighted by Crippen LogP contribution is 2.30. The van der Waals surface area contributed by atoms with Gasteiger partial charge in [-0.1, -0.05) is 26.2 Å². The minimum Gasteiger partial charge on any atom is -0.396 e. The summed E-state index contributed by atoms with van der Waals surface area (Å²) in [4.78, 5) is 15.4. The lowest BCUT2D eigenvalue weighted by atomic mass is 10.2. The van der Waals surface area contributed by atoms with Crippen LogP contribution in [0.25, 0.3) is 0 Å². The molecule has 0 aliphatic rings. The Morgan fingerprint density at radius 3 is 1.79 bits per heavy atom. The molecule has 0 saturated carbocycles. The van der Waals surface area contributed by atoms with E-state index in [1.807, 2.05) is 0 Å². The Morgan fingerprint density at radius 2 is 1.57 bits per heavy atom. The molecule has 14 heavy (non-hydrogen) atoms. The average Bonchev–Trinajstić information content (AvgIpc) is 2.04. The summed E-state index contributed by atoms with van der Waals surface area (Å²) in [5.74, 6) is 0. The molecular formula is C6H18O6P2. The molecule has 0 heterocycles. The van der Waals surface area contributed by atoms with Gasteiger partial charge in [-0.05, 0) is 6.42 Å². The van der Waals surface area contributed by atoms with Crippen LogP contribution in [0.1, 0.15) is 32.6 Å². The van der Waals surface area contributed by atoms with Crippen molar-refractivity contribution in [1.29, 1.82) is 0 Å². The normalized spacial score (nSPS) is 14.0. The number of unbranched alkanes of at least 4 members (excludes halogenated alkanes) is 3. The first-order valence-electron chi connectivity index (χ1n) is 4.29. The van der Waals surface area contributed by atoms with Gasteiger partial charge < -0.3 is 14.9 Å². The molecule has 0 bridgehead atoms. The van der Waals surface area contributed by atoms with Gasteiger partial charge in [0.05, 0.1) is 0 Å². The molecule has 0 aliphatic heterocycles. The van der Waals surface area contributed by atoms with Crippen molar-refractivity contribution in [3.05, 3.63) is 0 Å². The van der Waals surface area contributed by atoms with Crippen LogP contribution < -0.4 is 0 Å². The second kappa shape index (κ2) is 13.3. The molecule has 0 aliphatic carbocycles. The van der Waals surface area contributed by atoms with Gasteiger partial charge in [0.1, 0.15) is 0 Å². The lowest BCUT2D eigenvalue weighted by Gasteiger charge is -1.90. The van der Waals surface area contributed by atoms with Crippen LogP contribution in [-0.2, 0) is 13.4 Å². The molecule has 2 unspecified atom stereocenters. The molecule has 2 atom stereocenters. The largest absolute Gasteiger partial charge is 0.396 e. The van der Waals surface area contributed by atoms with Gasteiger partial charge in [-0.25, -0.2) is 4.31 Å². The lowest BCUT2D eigenvalue weighted by Crippen LogP contribution is -1.80. The molecule has 0 aromatic heterocycles. The van der Waals surface area contributed by atoms with E-state index in [-0.39, 0.29) is 0 Å². The van der Waals surface area contributed by atoms with Crippen LogP contribution in [0.3, 0.4) is 0 Å². The van der Waals surface area contributed by atoms with Gasteiger partial charge in [0.2, 0.25) is 0 Å². The van der Waals surface area contributed by atoms with Crippen molar-refractivity contribution < 1.29 is 28.3 Å². The summed E-state index contributed by atoms with van der Waals surface area (Å²) < 4.78 is 22.3. The highest BCUT2D eigenvalue weighted by molar-refractivity contribution is 7.46. The second-order valence-corrected chi connectivity index (χ2v) is 4.30.